The summed E-state index contributed by atoms with van der Waals surface area (Å²) in [6, 6.07) is 11.4. The van der Waals surface area contributed by atoms with Gasteiger partial charge in [-0.05, 0) is 43.3 Å². The molecule has 3 heterocycles. The standard InChI is InChI=1S/C22H23N3O4/c1-13(15-10-21(26)24-12-15)29-22-16-5-4-8-23-18(16)11-17(25-22)14-6-7-19(27-2)20(9-14)28-3/h4-9,11,13,15H,10,12H2,1-3H3,(H,24,26)/t13?,15-/m1/s1. The molecule has 1 N–H and O–H groups in total. The van der Waals surface area contributed by atoms with Crippen LogP contribution in [0.1, 0.15) is 13.3 Å². The first-order valence-electron chi connectivity index (χ1n) is 9.50. The first-order valence-corrected chi connectivity index (χ1v) is 9.50. The lowest BCUT2D eigenvalue weighted by Gasteiger charge is -2.20. The number of amides is 1. The fourth-order valence-corrected chi connectivity index (χ4v) is 3.51. The van der Waals surface area contributed by atoms with Crippen molar-refractivity contribution in [3.8, 4) is 28.6 Å². The predicted octanol–water partition coefficient (Wildman–Crippen LogP) is 3.22. The molecular formula is C22H23N3O4. The van der Waals surface area contributed by atoms with Crippen molar-refractivity contribution in [1.82, 2.24) is 15.3 Å². The number of hydrogen-bond acceptors (Lipinski definition) is 6. The zero-order chi connectivity index (χ0) is 20.4. The molecule has 1 unspecified atom stereocenters. The number of benzene rings is 1. The largest absolute Gasteiger partial charge is 0.493 e. The third kappa shape index (κ3) is 3.81. The lowest BCUT2D eigenvalue weighted by Crippen LogP contribution is -2.26. The number of rotatable bonds is 6. The summed E-state index contributed by atoms with van der Waals surface area (Å²) in [6.07, 6.45) is 2.05. The number of carbonyl (C=O) groups excluding carboxylic acids is 1. The van der Waals surface area contributed by atoms with Crippen LogP contribution in [0.2, 0.25) is 0 Å². The van der Waals surface area contributed by atoms with E-state index in [9.17, 15) is 4.79 Å². The van der Waals surface area contributed by atoms with E-state index in [1.165, 1.54) is 0 Å². The average molecular weight is 393 g/mol. The van der Waals surface area contributed by atoms with E-state index in [0.29, 0.717) is 30.3 Å². The molecule has 1 fully saturated rings. The minimum absolute atomic E-state index is 0.0593. The van der Waals surface area contributed by atoms with Crippen LogP contribution in [-0.4, -0.2) is 42.7 Å². The number of carbonyl (C=O) groups is 1. The van der Waals surface area contributed by atoms with Crippen LogP contribution in [0.5, 0.6) is 17.4 Å². The van der Waals surface area contributed by atoms with Gasteiger partial charge in [-0.3, -0.25) is 9.78 Å². The van der Waals surface area contributed by atoms with Gasteiger partial charge in [-0.1, -0.05) is 0 Å². The Hall–Kier alpha value is -3.35. The summed E-state index contributed by atoms with van der Waals surface area (Å²) in [5.74, 6) is 1.95. The van der Waals surface area contributed by atoms with E-state index >= 15 is 0 Å². The molecule has 1 aliphatic heterocycles. The van der Waals surface area contributed by atoms with Crippen LogP contribution >= 0.6 is 0 Å². The molecule has 3 aromatic rings. The molecule has 0 spiro atoms. The van der Waals surface area contributed by atoms with Gasteiger partial charge in [-0.2, -0.15) is 0 Å². The van der Waals surface area contributed by atoms with Crippen LogP contribution in [0.3, 0.4) is 0 Å². The molecule has 1 saturated heterocycles. The Morgan fingerprint density at radius 3 is 2.69 bits per heavy atom. The van der Waals surface area contributed by atoms with Gasteiger partial charge in [0, 0.05) is 30.6 Å². The SMILES string of the molecule is COc1ccc(-c2cc3ncccc3c(OC(C)[C@H]3CNC(=O)C3)n2)cc1OC. The molecule has 4 rings (SSSR count). The van der Waals surface area contributed by atoms with E-state index in [2.05, 4.69) is 10.3 Å². The first kappa shape index (κ1) is 19.0. The van der Waals surface area contributed by atoms with E-state index in [0.717, 1.165) is 22.2 Å². The van der Waals surface area contributed by atoms with E-state index in [1.807, 2.05) is 43.3 Å². The zero-order valence-electron chi connectivity index (χ0n) is 16.6. The van der Waals surface area contributed by atoms with Gasteiger partial charge in [0.05, 0.1) is 30.8 Å². The molecule has 1 amide bonds. The maximum absolute atomic E-state index is 11.6. The van der Waals surface area contributed by atoms with Crippen LogP contribution in [0.4, 0.5) is 0 Å². The van der Waals surface area contributed by atoms with Crippen LogP contribution < -0.4 is 19.5 Å². The van der Waals surface area contributed by atoms with Gasteiger partial charge >= 0.3 is 0 Å². The van der Waals surface area contributed by atoms with Gasteiger partial charge < -0.3 is 19.5 Å². The fraction of sp³-hybridized carbons (Fsp3) is 0.318. The van der Waals surface area contributed by atoms with E-state index in [1.54, 1.807) is 20.4 Å². The van der Waals surface area contributed by atoms with Crippen molar-refractivity contribution in [1.29, 1.82) is 0 Å². The highest BCUT2D eigenvalue weighted by molar-refractivity contribution is 5.87. The topological polar surface area (TPSA) is 82.6 Å². The van der Waals surface area contributed by atoms with Gasteiger partial charge in [-0.15, -0.1) is 0 Å². The summed E-state index contributed by atoms with van der Waals surface area (Å²) in [5.41, 5.74) is 2.38. The second-order valence-corrected chi connectivity index (χ2v) is 7.04. The number of hydrogen-bond donors (Lipinski definition) is 1. The zero-order valence-corrected chi connectivity index (χ0v) is 16.6. The van der Waals surface area contributed by atoms with E-state index < -0.39 is 0 Å². The highest BCUT2D eigenvalue weighted by atomic mass is 16.5. The molecule has 0 radical (unpaired) electrons. The molecular weight excluding hydrogens is 370 g/mol. The van der Waals surface area contributed by atoms with Gasteiger partial charge in [0.1, 0.15) is 6.10 Å². The molecule has 1 aromatic carbocycles. The minimum Gasteiger partial charge on any atom is -0.493 e. The summed E-state index contributed by atoms with van der Waals surface area (Å²) >= 11 is 0. The molecule has 2 atom stereocenters. The normalized spacial score (nSPS) is 17.1. The maximum atomic E-state index is 11.6. The third-order valence-electron chi connectivity index (χ3n) is 5.21. The maximum Gasteiger partial charge on any atom is 0.223 e. The van der Waals surface area contributed by atoms with Crippen molar-refractivity contribution >= 4 is 16.8 Å². The summed E-state index contributed by atoms with van der Waals surface area (Å²) in [4.78, 5) is 20.8. The number of pyridine rings is 2. The van der Waals surface area contributed by atoms with Gasteiger partial charge in [0.25, 0.3) is 0 Å². The van der Waals surface area contributed by atoms with Gasteiger partial charge in [0.2, 0.25) is 11.8 Å². The second kappa shape index (κ2) is 7.95. The smallest absolute Gasteiger partial charge is 0.223 e. The van der Waals surface area contributed by atoms with Crippen molar-refractivity contribution in [2.24, 2.45) is 5.92 Å². The highest BCUT2D eigenvalue weighted by Gasteiger charge is 2.28. The average Bonchev–Trinajstić information content (AvgIpc) is 3.19. The number of nitrogens with zero attached hydrogens (tertiary/aromatic N) is 2. The Bertz CT molecular complexity index is 1050. The Labute approximate surface area is 169 Å². The molecule has 1 aliphatic rings. The Balaban J connectivity index is 1.74. The first-order chi connectivity index (χ1) is 14.1. The molecule has 0 bridgehead atoms. The lowest BCUT2D eigenvalue weighted by molar-refractivity contribution is -0.119. The van der Waals surface area contributed by atoms with E-state index in [-0.39, 0.29) is 17.9 Å². The summed E-state index contributed by atoms with van der Waals surface area (Å²) in [7, 11) is 3.20. The predicted molar refractivity (Wildman–Crippen MR) is 109 cm³/mol. The van der Waals surface area contributed by atoms with Gasteiger partial charge in [0.15, 0.2) is 11.5 Å². The molecule has 2 aromatic heterocycles. The monoisotopic (exact) mass is 393 g/mol. The summed E-state index contributed by atoms with van der Waals surface area (Å²) < 4.78 is 17.0. The second-order valence-electron chi connectivity index (χ2n) is 7.04. The molecule has 7 nitrogen and oxygen atoms in total. The molecule has 7 heteroatoms. The van der Waals surface area contributed by atoms with Crippen LogP contribution in [0, 0.1) is 5.92 Å². The van der Waals surface area contributed by atoms with Crippen LogP contribution in [0.25, 0.3) is 22.2 Å². The van der Waals surface area contributed by atoms with Crippen molar-refractivity contribution in [2.75, 3.05) is 20.8 Å². The van der Waals surface area contributed by atoms with Crippen molar-refractivity contribution in [2.45, 2.75) is 19.4 Å². The van der Waals surface area contributed by atoms with Gasteiger partial charge in [-0.25, -0.2) is 4.98 Å². The fourth-order valence-electron chi connectivity index (χ4n) is 3.51. The quantitative estimate of drug-likeness (QED) is 0.692. The molecule has 29 heavy (non-hydrogen) atoms. The number of aromatic nitrogens is 2. The van der Waals surface area contributed by atoms with E-state index in [4.69, 9.17) is 19.2 Å². The molecule has 0 saturated carbocycles. The molecule has 0 aliphatic carbocycles. The Morgan fingerprint density at radius 2 is 1.97 bits per heavy atom. The lowest BCUT2D eigenvalue weighted by atomic mass is 10.0. The Kier molecular flexibility index (Phi) is 5.20. The van der Waals surface area contributed by atoms with Crippen LogP contribution in [0.15, 0.2) is 42.6 Å². The number of nitrogens with one attached hydrogen (secondary N) is 1. The summed E-state index contributed by atoms with van der Waals surface area (Å²) in [5, 5.41) is 3.69. The number of ether oxygens (including phenoxy) is 3. The molecule has 150 valence electrons. The van der Waals surface area contributed by atoms with Crippen molar-refractivity contribution < 1.29 is 19.0 Å². The van der Waals surface area contributed by atoms with Crippen LogP contribution in [-0.2, 0) is 4.79 Å². The number of fused-ring (bicyclic) bond motifs is 1. The highest BCUT2D eigenvalue weighted by Crippen LogP contribution is 2.34. The van der Waals surface area contributed by atoms with Crippen molar-refractivity contribution in [3.05, 3.63) is 42.6 Å². The Morgan fingerprint density at radius 1 is 1.14 bits per heavy atom. The number of methoxy groups -OCH3 is 2. The summed E-state index contributed by atoms with van der Waals surface area (Å²) in [6.45, 7) is 2.59. The van der Waals surface area contributed by atoms with Crippen molar-refractivity contribution in [3.63, 3.8) is 0 Å². The minimum atomic E-state index is -0.162. The third-order valence-corrected chi connectivity index (χ3v) is 5.21.